The number of ether oxygens (including phenoxy) is 1. The summed E-state index contributed by atoms with van der Waals surface area (Å²) < 4.78 is 30.1. The molecule has 0 amide bonds. The lowest BCUT2D eigenvalue weighted by Crippen LogP contribution is -2.42. The molecule has 0 aliphatic carbocycles. The smallest absolute Gasteiger partial charge is 0.223 e. The Balaban J connectivity index is 1.67. The van der Waals surface area contributed by atoms with Crippen molar-refractivity contribution in [2.75, 3.05) is 31.3 Å². The molecule has 0 radical (unpaired) electrons. The summed E-state index contributed by atoms with van der Waals surface area (Å²) in [5.41, 5.74) is 0.851. The summed E-state index contributed by atoms with van der Waals surface area (Å²) in [5, 5.41) is 4.24. The summed E-state index contributed by atoms with van der Waals surface area (Å²) in [6.45, 7) is 3.63. The number of nitrogens with zero attached hydrogens (tertiary/aromatic N) is 3. The highest BCUT2D eigenvalue weighted by atomic mass is 32.2. The molecule has 130 valence electrons. The molecule has 0 unspecified atom stereocenters. The number of hydrogen-bond donors (Lipinski definition) is 1. The lowest BCUT2D eigenvalue weighted by molar-refractivity contribution is 0.331. The highest BCUT2D eigenvalue weighted by Crippen LogP contribution is 2.21. The zero-order valence-corrected chi connectivity index (χ0v) is 14.7. The van der Waals surface area contributed by atoms with Crippen LogP contribution in [0.1, 0.15) is 19.8 Å². The van der Waals surface area contributed by atoms with Crippen LogP contribution in [0.5, 0.6) is 5.75 Å². The molecule has 1 aliphatic heterocycles. The van der Waals surface area contributed by atoms with Crippen molar-refractivity contribution in [1.29, 1.82) is 0 Å². The molecule has 3 rings (SSSR count). The number of fused-ring (bicyclic) bond motifs is 1. The molecule has 1 aromatic heterocycles. The largest absolute Gasteiger partial charge is 0.494 e. The van der Waals surface area contributed by atoms with Crippen LogP contribution in [0.25, 0.3) is 10.9 Å². The van der Waals surface area contributed by atoms with Crippen LogP contribution in [0, 0.1) is 0 Å². The van der Waals surface area contributed by atoms with E-state index in [2.05, 4.69) is 15.3 Å². The van der Waals surface area contributed by atoms with Gasteiger partial charge in [0.15, 0.2) is 0 Å². The van der Waals surface area contributed by atoms with Crippen molar-refractivity contribution in [2.45, 2.75) is 25.8 Å². The average molecular weight is 350 g/mol. The molecule has 2 heterocycles. The van der Waals surface area contributed by atoms with E-state index in [9.17, 15) is 8.42 Å². The molecule has 1 N–H and O–H groups in total. The Labute approximate surface area is 142 Å². The number of rotatable bonds is 5. The van der Waals surface area contributed by atoms with Gasteiger partial charge < -0.3 is 10.1 Å². The summed E-state index contributed by atoms with van der Waals surface area (Å²) in [5.74, 6) is 1.38. The second-order valence-corrected chi connectivity index (χ2v) is 7.91. The average Bonchev–Trinajstić information content (AvgIpc) is 2.55. The molecular formula is C16H22N4O3S. The van der Waals surface area contributed by atoms with E-state index in [-0.39, 0.29) is 6.04 Å². The van der Waals surface area contributed by atoms with Gasteiger partial charge in [-0.3, -0.25) is 0 Å². The quantitative estimate of drug-likeness (QED) is 0.886. The second kappa shape index (κ2) is 6.90. The molecule has 8 heteroatoms. The van der Waals surface area contributed by atoms with Gasteiger partial charge in [0.2, 0.25) is 16.0 Å². The van der Waals surface area contributed by atoms with Gasteiger partial charge in [-0.2, -0.15) is 0 Å². The first-order valence-electron chi connectivity index (χ1n) is 8.07. The third-order valence-corrected chi connectivity index (χ3v) is 5.42. The summed E-state index contributed by atoms with van der Waals surface area (Å²) in [6.07, 6.45) is 4.53. The summed E-state index contributed by atoms with van der Waals surface area (Å²) in [7, 11) is -3.10. The number of benzene rings is 1. The number of hydrogen-bond acceptors (Lipinski definition) is 6. The zero-order valence-electron chi connectivity index (χ0n) is 13.9. The Bertz CT molecular complexity index is 817. The van der Waals surface area contributed by atoms with Gasteiger partial charge in [-0.15, -0.1) is 0 Å². The minimum absolute atomic E-state index is 0.183. The van der Waals surface area contributed by atoms with Crippen molar-refractivity contribution < 1.29 is 13.2 Å². The van der Waals surface area contributed by atoms with Crippen molar-refractivity contribution in [3.63, 3.8) is 0 Å². The van der Waals surface area contributed by atoms with Crippen molar-refractivity contribution in [1.82, 2.24) is 14.3 Å². The van der Waals surface area contributed by atoms with Crippen LogP contribution in [-0.4, -0.2) is 54.7 Å². The fourth-order valence-electron chi connectivity index (χ4n) is 2.85. The zero-order chi connectivity index (χ0) is 17.2. The van der Waals surface area contributed by atoms with E-state index in [1.807, 2.05) is 25.1 Å². The van der Waals surface area contributed by atoms with E-state index in [4.69, 9.17) is 4.74 Å². The number of anilines is 1. The van der Waals surface area contributed by atoms with Crippen molar-refractivity contribution >= 4 is 26.9 Å². The van der Waals surface area contributed by atoms with Crippen LogP contribution in [0.4, 0.5) is 5.95 Å². The number of nitrogens with one attached hydrogen (secondary N) is 1. The standard InChI is InChI=1S/C16H22N4O3S/c1-3-23-14-4-5-15-12(10-14)11-17-16(19-15)18-13-6-8-20(9-7-13)24(2,21)22/h4-5,10-11,13H,3,6-9H2,1-2H3,(H,17,18,19). The van der Waals surface area contributed by atoms with Gasteiger partial charge in [0, 0.05) is 30.7 Å². The van der Waals surface area contributed by atoms with Crippen LogP contribution in [0.2, 0.25) is 0 Å². The highest BCUT2D eigenvalue weighted by molar-refractivity contribution is 7.88. The predicted octanol–water partition coefficient (Wildman–Crippen LogP) is 1.86. The number of sulfonamides is 1. The Hall–Kier alpha value is -1.93. The van der Waals surface area contributed by atoms with Gasteiger partial charge in [-0.05, 0) is 38.0 Å². The summed E-state index contributed by atoms with van der Waals surface area (Å²) in [6, 6.07) is 5.92. The normalized spacial score (nSPS) is 17.1. The van der Waals surface area contributed by atoms with Crippen LogP contribution < -0.4 is 10.1 Å². The van der Waals surface area contributed by atoms with Gasteiger partial charge in [0.05, 0.1) is 18.4 Å². The third kappa shape index (κ3) is 3.93. The highest BCUT2D eigenvalue weighted by Gasteiger charge is 2.25. The fraction of sp³-hybridized carbons (Fsp3) is 0.500. The predicted molar refractivity (Wildman–Crippen MR) is 93.8 cm³/mol. The molecule has 0 spiro atoms. The second-order valence-electron chi connectivity index (χ2n) is 5.93. The molecule has 24 heavy (non-hydrogen) atoms. The molecular weight excluding hydrogens is 328 g/mol. The monoisotopic (exact) mass is 350 g/mol. The topological polar surface area (TPSA) is 84.4 Å². The number of piperidine rings is 1. The van der Waals surface area contributed by atoms with E-state index in [0.717, 1.165) is 29.5 Å². The van der Waals surface area contributed by atoms with Gasteiger partial charge in [0.25, 0.3) is 0 Å². The van der Waals surface area contributed by atoms with E-state index >= 15 is 0 Å². The van der Waals surface area contributed by atoms with Crippen molar-refractivity contribution in [2.24, 2.45) is 0 Å². The molecule has 0 saturated carbocycles. The van der Waals surface area contributed by atoms with Gasteiger partial charge in [-0.25, -0.2) is 22.7 Å². The maximum atomic E-state index is 11.5. The lowest BCUT2D eigenvalue weighted by atomic mass is 10.1. The molecule has 7 nitrogen and oxygen atoms in total. The SMILES string of the molecule is CCOc1ccc2nc(NC3CCN(S(C)(=O)=O)CC3)ncc2c1. The fourth-order valence-corrected chi connectivity index (χ4v) is 3.73. The summed E-state index contributed by atoms with van der Waals surface area (Å²) >= 11 is 0. The van der Waals surface area contributed by atoms with Crippen LogP contribution in [0.3, 0.4) is 0 Å². The number of aromatic nitrogens is 2. The van der Waals surface area contributed by atoms with E-state index in [1.54, 1.807) is 6.20 Å². The van der Waals surface area contributed by atoms with Crippen LogP contribution >= 0.6 is 0 Å². The maximum Gasteiger partial charge on any atom is 0.223 e. The first kappa shape index (κ1) is 16.9. The molecule has 0 atom stereocenters. The minimum atomic E-state index is -3.10. The molecule has 0 bridgehead atoms. The van der Waals surface area contributed by atoms with Gasteiger partial charge >= 0.3 is 0 Å². The van der Waals surface area contributed by atoms with E-state index in [0.29, 0.717) is 25.6 Å². The van der Waals surface area contributed by atoms with Gasteiger partial charge in [0.1, 0.15) is 5.75 Å². The third-order valence-electron chi connectivity index (χ3n) is 4.12. The Morgan fingerprint density at radius 2 is 2.08 bits per heavy atom. The van der Waals surface area contributed by atoms with Crippen LogP contribution in [-0.2, 0) is 10.0 Å². The molecule has 1 saturated heterocycles. The van der Waals surface area contributed by atoms with E-state index < -0.39 is 10.0 Å². The lowest BCUT2D eigenvalue weighted by Gasteiger charge is -2.30. The first-order valence-corrected chi connectivity index (χ1v) is 9.92. The molecule has 1 fully saturated rings. The van der Waals surface area contributed by atoms with Gasteiger partial charge in [-0.1, -0.05) is 0 Å². The Morgan fingerprint density at radius 3 is 2.75 bits per heavy atom. The minimum Gasteiger partial charge on any atom is -0.494 e. The molecule has 2 aromatic rings. The summed E-state index contributed by atoms with van der Waals surface area (Å²) in [4.78, 5) is 8.89. The Morgan fingerprint density at radius 1 is 1.33 bits per heavy atom. The Kier molecular flexibility index (Phi) is 4.86. The van der Waals surface area contributed by atoms with Crippen molar-refractivity contribution in [3.05, 3.63) is 24.4 Å². The van der Waals surface area contributed by atoms with Crippen molar-refractivity contribution in [3.8, 4) is 5.75 Å². The maximum absolute atomic E-state index is 11.5. The first-order chi connectivity index (χ1) is 11.5. The van der Waals surface area contributed by atoms with E-state index in [1.165, 1.54) is 10.6 Å². The van der Waals surface area contributed by atoms with Crippen LogP contribution in [0.15, 0.2) is 24.4 Å². The molecule has 1 aliphatic rings. The molecule has 1 aromatic carbocycles.